The first-order valence-electron chi connectivity index (χ1n) is 7.85. The molecule has 9 nitrogen and oxygen atoms in total. The molecular weight excluding hydrogens is 358 g/mol. The Hall–Kier alpha value is -3.59. The third-order valence-electron chi connectivity index (χ3n) is 3.64. The third kappa shape index (κ3) is 4.15. The van der Waals surface area contributed by atoms with Gasteiger partial charge >= 0.3 is 5.97 Å². The van der Waals surface area contributed by atoms with Crippen LogP contribution in [0.1, 0.15) is 16.1 Å². The van der Waals surface area contributed by atoms with E-state index in [1.165, 1.54) is 30.5 Å². The van der Waals surface area contributed by atoms with Crippen LogP contribution in [-0.2, 0) is 9.59 Å². The lowest BCUT2D eigenvalue weighted by Gasteiger charge is -2.12. The molecule has 0 spiro atoms. The number of fused-ring (bicyclic) bond motifs is 1. The number of carboxylic acids is 1. The van der Waals surface area contributed by atoms with Gasteiger partial charge in [0.1, 0.15) is 23.3 Å². The van der Waals surface area contributed by atoms with Gasteiger partial charge in [0.15, 0.2) is 12.4 Å². The van der Waals surface area contributed by atoms with E-state index in [9.17, 15) is 14.4 Å². The largest absolute Gasteiger partial charge is 0.484 e. The van der Waals surface area contributed by atoms with Gasteiger partial charge in [-0.25, -0.2) is 4.79 Å². The Bertz CT molecular complexity index is 900. The van der Waals surface area contributed by atoms with Crippen molar-refractivity contribution >= 4 is 23.7 Å². The summed E-state index contributed by atoms with van der Waals surface area (Å²) in [6.07, 6.45) is 2.94. The summed E-state index contributed by atoms with van der Waals surface area (Å²) in [6, 6.07) is 6.39. The highest BCUT2D eigenvalue weighted by Crippen LogP contribution is 2.34. The van der Waals surface area contributed by atoms with E-state index in [2.05, 4.69) is 5.32 Å². The van der Waals surface area contributed by atoms with Gasteiger partial charge in [-0.1, -0.05) is 0 Å². The number of allylic oxidation sites excluding steroid dienone is 1. The molecule has 1 unspecified atom stereocenters. The number of carboxylic acid groups (broad SMARTS) is 1. The van der Waals surface area contributed by atoms with E-state index in [0.29, 0.717) is 11.3 Å². The number of carbonyl (C=O) groups is 3. The van der Waals surface area contributed by atoms with Crippen molar-refractivity contribution in [3.8, 4) is 11.5 Å². The Kier molecular flexibility index (Phi) is 5.23. The average molecular weight is 373 g/mol. The number of aliphatic carboxylic acids is 1. The Morgan fingerprint density at radius 1 is 1.30 bits per heavy atom. The van der Waals surface area contributed by atoms with E-state index < -0.39 is 31.1 Å². The summed E-state index contributed by atoms with van der Waals surface area (Å²) in [4.78, 5) is 34.8. The number of carbonyl (C=O) groups excluding carboxylic acids is 2. The van der Waals surface area contributed by atoms with Crippen molar-refractivity contribution in [2.45, 2.75) is 6.04 Å². The highest BCUT2D eigenvalue weighted by Gasteiger charge is 2.28. The number of aliphatic hydroxyl groups is 1. The number of ether oxygens (including phenoxy) is 2. The van der Waals surface area contributed by atoms with Crippen LogP contribution >= 0.6 is 0 Å². The smallest absolute Gasteiger partial charge is 0.328 e. The van der Waals surface area contributed by atoms with E-state index in [-0.39, 0.29) is 23.0 Å². The molecule has 1 aromatic carbocycles. The second-order valence-corrected chi connectivity index (χ2v) is 5.54. The summed E-state index contributed by atoms with van der Waals surface area (Å²) in [5.41, 5.74) is 0.343. The zero-order valence-corrected chi connectivity index (χ0v) is 13.9. The van der Waals surface area contributed by atoms with Crippen LogP contribution in [0.15, 0.2) is 46.8 Å². The lowest BCUT2D eigenvalue weighted by Crippen LogP contribution is -2.45. The van der Waals surface area contributed by atoms with Gasteiger partial charge in [-0.3, -0.25) is 9.59 Å². The fourth-order valence-electron chi connectivity index (χ4n) is 2.33. The van der Waals surface area contributed by atoms with Crippen molar-refractivity contribution < 1.29 is 38.5 Å². The lowest BCUT2D eigenvalue weighted by atomic mass is 10.1. The van der Waals surface area contributed by atoms with Crippen molar-refractivity contribution in [2.24, 2.45) is 0 Å². The summed E-state index contributed by atoms with van der Waals surface area (Å²) < 4.78 is 15.9. The van der Waals surface area contributed by atoms with Gasteiger partial charge in [-0.05, 0) is 24.3 Å². The van der Waals surface area contributed by atoms with Gasteiger partial charge in [0, 0.05) is 12.1 Å². The summed E-state index contributed by atoms with van der Waals surface area (Å²) in [5, 5.41) is 19.8. The average Bonchev–Trinajstić information content (AvgIpc) is 3.26. The molecule has 1 aromatic heterocycles. The lowest BCUT2D eigenvalue weighted by molar-refractivity contribution is -0.143. The maximum atomic E-state index is 12.3. The van der Waals surface area contributed by atoms with E-state index >= 15 is 0 Å². The van der Waals surface area contributed by atoms with E-state index in [1.807, 2.05) is 0 Å². The van der Waals surface area contributed by atoms with Crippen molar-refractivity contribution in [1.29, 1.82) is 0 Å². The van der Waals surface area contributed by atoms with Crippen LogP contribution in [0.4, 0.5) is 0 Å². The summed E-state index contributed by atoms with van der Waals surface area (Å²) in [7, 11) is 0. The fourth-order valence-corrected chi connectivity index (χ4v) is 2.33. The number of hydrogen-bond donors (Lipinski definition) is 3. The quantitative estimate of drug-likeness (QED) is 0.608. The standard InChI is InChI=1S/C18H15NO8/c20-8-13(18(23)24)19-16(21)9-26-11-3-4-12-14(6-11)27-15(17(12)22)7-10-2-1-5-25-10/h1-7,13,20H,8-9H2,(H,19,21)(H,23,24). The maximum Gasteiger partial charge on any atom is 0.328 e. The topological polar surface area (TPSA) is 135 Å². The first-order valence-corrected chi connectivity index (χ1v) is 7.85. The van der Waals surface area contributed by atoms with Gasteiger partial charge in [-0.15, -0.1) is 0 Å². The van der Waals surface area contributed by atoms with Crippen LogP contribution in [0.2, 0.25) is 0 Å². The molecule has 0 radical (unpaired) electrons. The van der Waals surface area contributed by atoms with Crippen LogP contribution in [-0.4, -0.2) is 47.1 Å². The van der Waals surface area contributed by atoms with Crippen LogP contribution in [0.5, 0.6) is 11.5 Å². The molecule has 27 heavy (non-hydrogen) atoms. The van der Waals surface area contributed by atoms with Gasteiger partial charge < -0.3 is 29.4 Å². The number of rotatable bonds is 7. The number of aliphatic hydroxyl groups excluding tert-OH is 1. The molecule has 1 atom stereocenters. The number of hydrogen-bond acceptors (Lipinski definition) is 7. The van der Waals surface area contributed by atoms with E-state index in [4.69, 9.17) is 24.1 Å². The SMILES string of the molecule is O=C(COc1ccc2c(c1)OC(=Cc1ccco1)C2=O)NC(CO)C(=O)O. The molecule has 1 aliphatic heterocycles. The molecule has 0 fully saturated rings. The van der Waals surface area contributed by atoms with Crippen LogP contribution in [0.3, 0.4) is 0 Å². The zero-order valence-electron chi connectivity index (χ0n) is 13.9. The monoisotopic (exact) mass is 373 g/mol. The first-order chi connectivity index (χ1) is 13.0. The number of furan rings is 1. The molecule has 3 N–H and O–H groups in total. The molecule has 1 amide bonds. The van der Waals surface area contributed by atoms with Crippen molar-refractivity contribution in [1.82, 2.24) is 5.32 Å². The molecule has 0 bridgehead atoms. The summed E-state index contributed by atoms with van der Waals surface area (Å²) >= 11 is 0. The number of ketones is 1. The van der Waals surface area contributed by atoms with Gasteiger partial charge in [0.05, 0.1) is 18.4 Å². The maximum absolute atomic E-state index is 12.3. The van der Waals surface area contributed by atoms with Crippen molar-refractivity contribution in [3.63, 3.8) is 0 Å². The minimum absolute atomic E-state index is 0.0992. The molecule has 9 heteroatoms. The number of Topliss-reactive ketones (excluding diaryl/α,β-unsaturated/α-hetero) is 1. The van der Waals surface area contributed by atoms with Gasteiger partial charge in [-0.2, -0.15) is 0 Å². The second kappa shape index (κ2) is 7.75. The second-order valence-electron chi connectivity index (χ2n) is 5.54. The van der Waals surface area contributed by atoms with E-state index in [0.717, 1.165) is 0 Å². The number of amides is 1. The van der Waals surface area contributed by atoms with Gasteiger partial charge in [0.2, 0.25) is 5.78 Å². The summed E-state index contributed by atoms with van der Waals surface area (Å²) in [6.45, 7) is -1.20. The highest BCUT2D eigenvalue weighted by atomic mass is 16.5. The Morgan fingerprint density at radius 2 is 2.11 bits per heavy atom. The van der Waals surface area contributed by atoms with E-state index in [1.54, 1.807) is 12.1 Å². The predicted octanol–water partition coefficient (Wildman–Crippen LogP) is 0.836. The predicted molar refractivity (Wildman–Crippen MR) is 90.2 cm³/mol. The Labute approximate surface area is 152 Å². The first kappa shape index (κ1) is 18.2. The summed E-state index contributed by atoms with van der Waals surface area (Å²) in [5.74, 6) is -1.28. The Morgan fingerprint density at radius 3 is 2.78 bits per heavy atom. The normalized spacial score (nSPS) is 15.1. The molecule has 0 saturated carbocycles. The highest BCUT2D eigenvalue weighted by molar-refractivity contribution is 6.14. The fraction of sp³-hybridized carbons (Fsp3) is 0.167. The third-order valence-corrected chi connectivity index (χ3v) is 3.64. The molecule has 2 aromatic rings. The van der Waals surface area contributed by atoms with Crippen LogP contribution < -0.4 is 14.8 Å². The number of benzene rings is 1. The van der Waals surface area contributed by atoms with Gasteiger partial charge in [0.25, 0.3) is 5.91 Å². The Balaban J connectivity index is 1.64. The molecule has 140 valence electrons. The van der Waals surface area contributed by atoms with Crippen LogP contribution in [0.25, 0.3) is 6.08 Å². The number of nitrogens with one attached hydrogen (secondary N) is 1. The minimum Gasteiger partial charge on any atom is -0.484 e. The molecule has 2 heterocycles. The van der Waals surface area contributed by atoms with Crippen LogP contribution in [0, 0.1) is 0 Å². The van der Waals surface area contributed by atoms with Crippen molar-refractivity contribution in [3.05, 3.63) is 53.7 Å². The molecule has 1 aliphatic rings. The molecule has 0 aliphatic carbocycles. The molecule has 0 saturated heterocycles. The van der Waals surface area contributed by atoms with Crippen molar-refractivity contribution in [2.75, 3.05) is 13.2 Å². The zero-order chi connectivity index (χ0) is 19.4. The molecular formula is C18H15NO8. The molecule has 3 rings (SSSR count). The minimum atomic E-state index is -1.41.